The molecule has 0 unspecified atom stereocenters. The van der Waals surface area contributed by atoms with Crippen LogP contribution in [0.2, 0.25) is 0 Å². The topological polar surface area (TPSA) is 63.1 Å². The summed E-state index contributed by atoms with van der Waals surface area (Å²) in [5.74, 6) is 1.57. The molecule has 2 fully saturated rings. The minimum atomic E-state index is 0. The summed E-state index contributed by atoms with van der Waals surface area (Å²) in [6, 6.07) is 0.372. The van der Waals surface area contributed by atoms with Gasteiger partial charge in [-0.25, -0.2) is 4.68 Å². The van der Waals surface area contributed by atoms with Crippen molar-refractivity contribution >= 4 is 18.3 Å². The van der Waals surface area contributed by atoms with E-state index in [0.29, 0.717) is 11.7 Å². The van der Waals surface area contributed by atoms with Gasteiger partial charge in [0.05, 0.1) is 11.7 Å². The second-order valence-corrected chi connectivity index (χ2v) is 7.81. The molecule has 3 rings (SSSR count). The third-order valence-electron chi connectivity index (χ3n) is 5.49. The fourth-order valence-electron chi connectivity index (χ4n) is 4.12. The van der Waals surface area contributed by atoms with Gasteiger partial charge >= 0.3 is 0 Å². The number of nitrogens with one attached hydrogen (secondary N) is 1. The second kappa shape index (κ2) is 8.99. The van der Waals surface area contributed by atoms with Crippen LogP contribution < -0.4 is 5.32 Å². The molecule has 2 aliphatic rings. The molecule has 142 valence electrons. The Kier molecular flexibility index (Phi) is 7.25. The van der Waals surface area contributed by atoms with Crippen LogP contribution in [0.1, 0.15) is 68.2 Å². The van der Waals surface area contributed by atoms with Crippen LogP contribution in [0.3, 0.4) is 0 Å². The van der Waals surface area contributed by atoms with Crippen LogP contribution in [0.25, 0.3) is 0 Å². The van der Waals surface area contributed by atoms with Gasteiger partial charge in [-0.3, -0.25) is 4.79 Å². The first kappa shape index (κ1) is 20.2. The van der Waals surface area contributed by atoms with Gasteiger partial charge in [-0.15, -0.1) is 17.5 Å². The van der Waals surface area contributed by atoms with Crippen LogP contribution >= 0.6 is 12.4 Å². The first-order chi connectivity index (χ1) is 11.6. The van der Waals surface area contributed by atoms with Gasteiger partial charge in [-0.05, 0) is 64.0 Å². The van der Waals surface area contributed by atoms with E-state index in [9.17, 15) is 4.79 Å². The predicted octanol–water partition coefficient (Wildman–Crippen LogP) is 2.83. The Bertz CT molecular complexity index is 560. The maximum atomic E-state index is 12.8. The van der Waals surface area contributed by atoms with Gasteiger partial charge < -0.3 is 10.2 Å². The van der Waals surface area contributed by atoms with E-state index in [2.05, 4.69) is 29.5 Å². The Morgan fingerprint density at radius 1 is 1.20 bits per heavy atom. The van der Waals surface area contributed by atoms with Gasteiger partial charge in [-0.1, -0.05) is 19.1 Å². The fourth-order valence-corrected chi connectivity index (χ4v) is 4.12. The third kappa shape index (κ3) is 4.73. The molecule has 1 aromatic heterocycles. The van der Waals surface area contributed by atoms with Crippen LogP contribution in [-0.2, 0) is 0 Å². The van der Waals surface area contributed by atoms with Crippen LogP contribution in [0, 0.1) is 18.8 Å². The van der Waals surface area contributed by atoms with E-state index >= 15 is 0 Å². The summed E-state index contributed by atoms with van der Waals surface area (Å²) in [6.45, 7) is 10.3. The minimum absolute atomic E-state index is 0. The zero-order chi connectivity index (χ0) is 17.1. The highest BCUT2D eigenvalue weighted by atomic mass is 35.5. The van der Waals surface area contributed by atoms with E-state index in [-0.39, 0.29) is 18.3 Å². The van der Waals surface area contributed by atoms with Crippen molar-refractivity contribution in [1.29, 1.82) is 0 Å². The van der Waals surface area contributed by atoms with Crippen molar-refractivity contribution in [2.45, 2.75) is 58.9 Å². The van der Waals surface area contributed by atoms with Gasteiger partial charge in [-0.2, -0.15) is 0 Å². The molecule has 0 saturated carbocycles. The van der Waals surface area contributed by atoms with Gasteiger partial charge in [0, 0.05) is 13.1 Å². The van der Waals surface area contributed by atoms with Crippen molar-refractivity contribution < 1.29 is 4.79 Å². The number of hydrogen-bond donors (Lipinski definition) is 1. The summed E-state index contributed by atoms with van der Waals surface area (Å²) >= 11 is 0. The van der Waals surface area contributed by atoms with Crippen molar-refractivity contribution in [3.63, 3.8) is 0 Å². The number of carbonyl (C=O) groups excluding carboxylic acids is 1. The summed E-state index contributed by atoms with van der Waals surface area (Å²) in [5.41, 5.74) is 1.48. The molecule has 3 heterocycles. The first-order valence-corrected chi connectivity index (χ1v) is 9.48. The van der Waals surface area contributed by atoms with Crippen molar-refractivity contribution in [3.05, 3.63) is 11.4 Å². The largest absolute Gasteiger partial charge is 0.337 e. The van der Waals surface area contributed by atoms with E-state index in [1.165, 1.54) is 6.42 Å². The minimum Gasteiger partial charge on any atom is -0.337 e. The molecule has 0 bridgehead atoms. The predicted molar refractivity (Wildman–Crippen MR) is 101 cm³/mol. The maximum Gasteiger partial charge on any atom is 0.276 e. The summed E-state index contributed by atoms with van der Waals surface area (Å²) in [4.78, 5) is 14.8. The molecule has 0 aromatic carbocycles. The third-order valence-corrected chi connectivity index (χ3v) is 5.49. The Labute approximate surface area is 157 Å². The Balaban J connectivity index is 0.00000225. The Morgan fingerprint density at radius 2 is 1.84 bits per heavy atom. The van der Waals surface area contributed by atoms with E-state index in [1.807, 2.05) is 16.5 Å². The SMILES string of the molecule is Cc1c(C(=O)N2CCC(CC(C)C)CC2)nnn1C1CCNCC1.Cl. The van der Waals surface area contributed by atoms with Crippen LogP contribution in [0.15, 0.2) is 0 Å². The monoisotopic (exact) mass is 369 g/mol. The molecule has 2 aliphatic heterocycles. The van der Waals surface area contributed by atoms with Gasteiger partial charge in [0.2, 0.25) is 0 Å². The van der Waals surface area contributed by atoms with Crippen molar-refractivity contribution in [3.8, 4) is 0 Å². The average molecular weight is 370 g/mol. The second-order valence-electron chi connectivity index (χ2n) is 7.81. The van der Waals surface area contributed by atoms with E-state index < -0.39 is 0 Å². The molecular weight excluding hydrogens is 338 g/mol. The van der Waals surface area contributed by atoms with Crippen LogP contribution in [0.5, 0.6) is 0 Å². The number of nitrogens with zero attached hydrogens (tertiary/aromatic N) is 4. The molecule has 7 heteroatoms. The fraction of sp³-hybridized carbons (Fsp3) is 0.833. The van der Waals surface area contributed by atoms with E-state index in [0.717, 1.165) is 69.4 Å². The normalized spacial score (nSPS) is 19.9. The highest BCUT2D eigenvalue weighted by molar-refractivity contribution is 5.93. The molecule has 1 N–H and O–H groups in total. The number of hydrogen-bond acceptors (Lipinski definition) is 4. The number of aromatic nitrogens is 3. The standard InChI is InChI=1S/C18H31N5O.ClH/c1-13(2)12-15-6-10-22(11-7-15)18(24)17-14(3)23(21-20-17)16-4-8-19-9-5-16;/h13,15-16,19H,4-12H2,1-3H3;1H. The first-order valence-electron chi connectivity index (χ1n) is 9.48. The highest BCUT2D eigenvalue weighted by Crippen LogP contribution is 2.26. The summed E-state index contributed by atoms with van der Waals surface area (Å²) in [5, 5.41) is 11.9. The van der Waals surface area contributed by atoms with E-state index in [4.69, 9.17) is 0 Å². The molecule has 0 aliphatic carbocycles. The summed E-state index contributed by atoms with van der Waals surface area (Å²) in [7, 11) is 0. The smallest absolute Gasteiger partial charge is 0.276 e. The van der Waals surface area contributed by atoms with Crippen LogP contribution in [-0.4, -0.2) is 52.0 Å². The quantitative estimate of drug-likeness (QED) is 0.886. The van der Waals surface area contributed by atoms with Gasteiger partial charge in [0.15, 0.2) is 5.69 Å². The molecule has 25 heavy (non-hydrogen) atoms. The molecule has 0 radical (unpaired) electrons. The number of amides is 1. The number of rotatable bonds is 4. The lowest BCUT2D eigenvalue weighted by Gasteiger charge is -2.32. The Hall–Kier alpha value is -1.14. The number of halogens is 1. The summed E-state index contributed by atoms with van der Waals surface area (Å²) < 4.78 is 1.97. The van der Waals surface area contributed by atoms with Crippen molar-refractivity contribution in [2.75, 3.05) is 26.2 Å². The maximum absolute atomic E-state index is 12.8. The lowest BCUT2D eigenvalue weighted by Crippen LogP contribution is -2.39. The molecule has 1 aromatic rings. The van der Waals surface area contributed by atoms with Crippen molar-refractivity contribution in [1.82, 2.24) is 25.2 Å². The van der Waals surface area contributed by atoms with Crippen LogP contribution in [0.4, 0.5) is 0 Å². The summed E-state index contributed by atoms with van der Waals surface area (Å²) in [6.07, 6.45) is 5.61. The highest BCUT2D eigenvalue weighted by Gasteiger charge is 2.28. The van der Waals surface area contributed by atoms with E-state index in [1.54, 1.807) is 0 Å². The molecule has 6 nitrogen and oxygen atoms in total. The number of piperidine rings is 2. The zero-order valence-electron chi connectivity index (χ0n) is 15.7. The molecule has 0 spiro atoms. The van der Waals surface area contributed by atoms with Gasteiger partial charge in [0.25, 0.3) is 5.91 Å². The molecule has 0 atom stereocenters. The lowest BCUT2D eigenvalue weighted by molar-refractivity contribution is 0.0674. The zero-order valence-corrected chi connectivity index (χ0v) is 16.5. The average Bonchev–Trinajstić information content (AvgIpc) is 2.97. The molecule has 1 amide bonds. The lowest BCUT2D eigenvalue weighted by atomic mass is 9.88. The van der Waals surface area contributed by atoms with Crippen molar-refractivity contribution in [2.24, 2.45) is 11.8 Å². The molecular formula is C18H32ClN5O. The Morgan fingerprint density at radius 3 is 2.44 bits per heavy atom. The number of likely N-dealkylation sites (tertiary alicyclic amines) is 1. The molecule has 2 saturated heterocycles. The number of carbonyl (C=O) groups is 1. The van der Waals surface area contributed by atoms with Gasteiger partial charge in [0.1, 0.15) is 0 Å².